The van der Waals surface area contributed by atoms with Gasteiger partial charge >= 0.3 is 5.51 Å². The molecule has 1 rings (SSSR count). The van der Waals surface area contributed by atoms with Gasteiger partial charge in [0.1, 0.15) is 5.25 Å². The summed E-state index contributed by atoms with van der Waals surface area (Å²) in [6.07, 6.45) is 0. The number of halogens is 3. The van der Waals surface area contributed by atoms with E-state index in [1.54, 1.807) is 6.07 Å². The molecule has 0 spiro atoms. The van der Waals surface area contributed by atoms with E-state index in [-0.39, 0.29) is 5.56 Å². The summed E-state index contributed by atoms with van der Waals surface area (Å²) in [5, 5.41) is -1.72. The SMILES string of the molecule is CC(=O)C(SC(F)(F)F)C(=O)c1ccccc1. The van der Waals surface area contributed by atoms with Gasteiger partial charge in [0, 0.05) is 5.56 Å². The summed E-state index contributed by atoms with van der Waals surface area (Å²) in [4.78, 5) is 22.8. The number of hydrogen-bond acceptors (Lipinski definition) is 3. The average Bonchev–Trinajstić information content (AvgIpc) is 2.25. The van der Waals surface area contributed by atoms with Crippen molar-refractivity contribution in [3.05, 3.63) is 35.9 Å². The van der Waals surface area contributed by atoms with E-state index >= 15 is 0 Å². The third-order valence-corrected chi connectivity index (χ3v) is 2.97. The summed E-state index contributed by atoms with van der Waals surface area (Å²) in [6.45, 7) is 0.976. The normalized spacial score (nSPS) is 13.2. The van der Waals surface area contributed by atoms with Gasteiger partial charge in [-0.15, -0.1) is 0 Å². The Morgan fingerprint density at radius 3 is 2.12 bits per heavy atom. The van der Waals surface area contributed by atoms with Crippen molar-refractivity contribution >= 4 is 23.3 Å². The lowest BCUT2D eigenvalue weighted by Crippen LogP contribution is -2.28. The zero-order valence-electron chi connectivity index (χ0n) is 8.82. The Morgan fingerprint density at radius 1 is 1.18 bits per heavy atom. The molecule has 1 aromatic rings. The zero-order chi connectivity index (χ0) is 13.1. The van der Waals surface area contributed by atoms with Gasteiger partial charge in [0.2, 0.25) is 0 Å². The summed E-state index contributed by atoms with van der Waals surface area (Å²) >= 11 is -0.586. The first-order valence-corrected chi connectivity index (χ1v) is 5.53. The lowest BCUT2D eigenvalue weighted by Gasteiger charge is -2.14. The maximum absolute atomic E-state index is 12.2. The molecule has 0 saturated heterocycles. The number of rotatable bonds is 4. The number of alkyl halides is 3. The summed E-state index contributed by atoms with van der Waals surface area (Å²) in [7, 11) is 0. The molecular weight excluding hydrogens is 253 g/mol. The fourth-order valence-corrected chi connectivity index (χ4v) is 1.88. The van der Waals surface area contributed by atoms with E-state index in [0.717, 1.165) is 6.92 Å². The molecule has 0 fully saturated rings. The van der Waals surface area contributed by atoms with Crippen molar-refractivity contribution in [3.8, 4) is 0 Å². The third kappa shape index (κ3) is 4.22. The molecule has 1 unspecified atom stereocenters. The maximum Gasteiger partial charge on any atom is 0.442 e. The molecule has 0 saturated carbocycles. The predicted molar refractivity (Wildman–Crippen MR) is 58.9 cm³/mol. The molecule has 17 heavy (non-hydrogen) atoms. The number of carbonyl (C=O) groups excluding carboxylic acids is 2. The Kier molecular flexibility index (Phi) is 4.34. The molecule has 0 radical (unpaired) electrons. The topological polar surface area (TPSA) is 34.1 Å². The largest absolute Gasteiger partial charge is 0.442 e. The smallest absolute Gasteiger partial charge is 0.298 e. The van der Waals surface area contributed by atoms with E-state index in [4.69, 9.17) is 0 Å². The molecule has 0 aliphatic heterocycles. The quantitative estimate of drug-likeness (QED) is 0.617. The first-order valence-electron chi connectivity index (χ1n) is 4.65. The molecule has 0 bridgehead atoms. The van der Waals surface area contributed by atoms with Crippen LogP contribution in [0.1, 0.15) is 17.3 Å². The minimum atomic E-state index is -4.61. The van der Waals surface area contributed by atoms with E-state index in [2.05, 4.69) is 0 Å². The second-order valence-corrected chi connectivity index (χ2v) is 4.45. The van der Waals surface area contributed by atoms with Gasteiger partial charge in [-0.25, -0.2) is 0 Å². The van der Waals surface area contributed by atoms with E-state index < -0.39 is 34.1 Å². The van der Waals surface area contributed by atoms with E-state index in [1.165, 1.54) is 24.3 Å². The van der Waals surface area contributed by atoms with Crippen molar-refractivity contribution in [1.29, 1.82) is 0 Å². The molecule has 0 aromatic heterocycles. The number of benzene rings is 1. The van der Waals surface area contributed by atoms with Crippen LogP contribution in [0.15, 0.2) is 30.3 Å². The van der Waals surface area contributed by atoms with Crippen LogP contribution in [0.25, 0.3) is 0 Å². The highest BCUT2D eigenvalue weighted by molar-refractivity contribution is 8.02. The Balaban J connectivity index is 2.93. The van der Waals surface area contributed by atoms with E-state index in [0.29, 0.717) is 0 Å². The Labute approximate surface area is 100 Å². The summed E-state index contributed by atoms with van der Waals surface area (Å²) in [6, 6.07) is 7.46. The van der Waals surface area contributed by atoms with Crippen molar-refractivity contribution in [2.45, 2.75) is 17.7 Å². The second kappa shape index (κ2) is 5.35. The lowest BCUT2D eigenvalue weighted by atomic mass is 10.1. The van der Waals surface area contributed by atoms with Gasteiger partial charge in [-0.05, 0) is 18.7 Å². The molecule has 0 aliphatic carbocycles. The minimum Gasteiger partial charge on any atom is -0.298 e. The molecule has 0 aliphatic rings. The van der Waals surface area contributed by atoms with Crippen LogP contribution < -0.4 is 0 Å². The standard InChI is InChI=1S/C11H9F3O2S/c1-7(15)10(17-11(12,13)14)9(16)8-5-3-2-4-6-8/h2-6,10H,1H3. The number of ketones is 2. The van der Waals surface area contributed by atoms with Crippen LogP contribution >= 0.6 is 11.8 Å². The van der Waals surface area contributed by atoms with Gasteiger partial charge in [-0.3, -0.25) is 9.59 Å². The van der Waals surface area contributed by atoms with E-state index in [1.807, 2.05) is 0 Å². The minimum absolute atomic E-state index is 0.101. The van der Waals surface area contributed by atoms with Crippen molar-refractivity contribution in [2.75, 3.05) is 0 Å². The van der Waals surface area contributed by atoms with Gasteiger partial charge in [-0.1, -0.05) is 30.3 Å². The van der Waals surface area contributed by atoms with Crippen LogP contribution in [-0.4, -0.2) is 22.3 Å². The highest BCUT2D eigenvalue weighted by Gasteiger charge is 2.39. The molecule has 1 aromatic carbocycles. The highest BCUT2D eigenvalue weighted by atomic mass is 32.2. The number of Topliss-reactive ketones (excluding diaryl/α,β-unsaturated/α-hetero) is 2. The number of hydrogen-bond donors (Lipinski definition) is 0. The van der Waals surface area contributed by atoms with Crippen LogP contribution in [0, 0.1) is 0 Å². The lowest BCUT2D eigenvalue weighted by molar-refractivity contribution is -0.116. The molecule has 6 heteroatoms. The van der Waals surface area contributed by atoms with Crippen LogP contribution in [0.3, 0.4) is 0 Å². The average molecular weight is 262 g/mol. The number of carbonyl (C=O) groups is 2. The molecule has 1 atom stereocenters. The first kappa shape index (κ1) is 13.8. The van der Waals surface area contributed by atoms with Crippen molar-refractivity contribution < 1.29 is 22.8 Å². The predicted octanol–water partition coefficient (Wildman–Crippen LogP) is 3.08. The van der Waals surface area contributed by atoms with Gasteiger partial charge < -0.3 is 0 Å². The van der Waals surface area contributed by atoms with Crippen molar-refractivity contribution in [2.24, 2.45) is 0 Å². The Morgan fingerprint density at radius 2 is 1.71 bits per heavy atom. The second-order valence-electron chi connectivity index (χ2n) is 3.28. The molecule has 0 N–H and O–H groups in total. The van der Waals surface area contributed by atoms with Gasteiger partial charge in [0.25, 0.3) is 0 Å². The first-order chi connectivity index (χ1) is 7.81. The Bertz CT molecular complexity index is 414. The highest BCUT2D eigenvalue weighted by Crippen LogP contribution is 2.35. The monoisotopic (exact) mass is 262 g/mol. The number of thioether (sulfide) groups is 1. The molecule has 92 valence electrons. The zero-order valence-corrected chi connectivity index (χ0v) is 9.64. The fraction of sp³-hybridized carbons (Fsp3) is 0.273. The summed E-state index contributed by atoms with van der Waals surface area (Å²) in [5.74, 6) is -1.62. The van der Waals surface area contributed by atoms with Gasteiger partial charge in [0.15, 0.2) is 11.6 Å². The fourth-order valence-electron chi connectivity index (χ4n) is 1.21. The van der Waals surface area contributed by atoms with Crippen molar-refractivity contribution in [1.82, 2.24) is 0 Å². The van der Waals surface area contributed by atoms with Crippen molar-refractivity contribution in [3.63, 3.8) is 0 Å². The van der Waals surface area contributed by atoms with Gasteiger partial charge in [-0.2, -0.15) is 13.2 Å². The maximum atomic E-state index is 12.2. The van der Waals surface area contributed by atoms with Gasteiger partial charge in [0.05, 0.1) is 0 Å². The molecule has 0 heterocycles. The summed E-state index contributed by atoms with van der Waals surface area (Å²) in [5.41, 5.74) is -4.51. The van der Waals surface area contributed by atoms with Crippen LogP contribution in [-0.2, 0) is 4.79 Å². The molecular formula is C11H9F3O2S. The van der Waals surface area contributed by atoms with E-state index in [9.17, 15) is 22.8 Å². The molecule has 0 amide bonds. The third-order valence-electron chi connectivity index (χ3n) is 1.92. The Hall–Kier alpha value is -1.30. The summed E-state index contributed by atoms with van der Waals surface area (Å²) < 4.78 is 36.6. The van der Waals surface area contributed by atoms with Crippen LogP contribution in [0.4, 0.5) is 13.2 Å². The molecule has 2 nitrogen and oxygen atoms in total. The van der Waals surface area contributed by atoms with Crippen LogP contribution in [0.2, 0.25) is 0 Å². The van der Waals surface area contributed by atoms with Crippen LogP contribution in [0.5, 0.6) is 0 Å².